The van der Waals surface area contributed by atoms with E-state index in [0.717, 1.165) is 23.3 Å². The van der Waals surface area contributed by atoms with E-state index in [2.05, 4.69) is 16.0 Å². The Balaban J connectivity index is 1.74. The number of carboxylic acid groups (broad SMARTS) is 2. The fourth-order valence-corrected chi connectivity index (χ4v) is 5.27. The molecule has 0 aromatic heterocycles. The van der Waals surface area contributed by atoms with Gasteiger partial charge < -0.3 is 40.7 Å². The quantitative estimate of drug-likeness (QED) is 0.181. The van der Waals surface area contributed by atoms with Crippen LogP contribution < -0.4 is 16.0 Å². The smallest absolute Gasteiger partial charge is 0.408 e. The number of benzene rings is 1. The fourth-order valence-electron chi connectivity index (χ4n) is 5.27. The summed E-state index contributed by atoms with van der Waals surface area (Å²) >= 11 is 0. The lowest BCUT2D eigenvalue weighted by atomic mass is 10.0. The van der Waals surface area contributed by atoms with Gasteiger partial charge in [-0.15, -0.1) is 0 Å². The van der Waals surface area contributed by atoms with Gasteiger partial charge in [-0.25, -0.2) is 9.59 Å². The molecule has 5 N–H and O–H groups in total. The van der Waals surface area contributed by atoms with Gasteiger partial charge in [0.1, 0.15) is 30.8 Å². The van der Waals surface area contributed by atoms with Gasteiger partial charge in [0.05, 0.1) is 12.8 Å². The molecule has 0 spiro atoms. The maximum absolute atomic E-state index is 13.6. The molecule has 2 saturated heterocycles. The molecule has 15 nitrogen and oxygen atoms in total. The normalized spacial score (nSPS) is 18.2. The number of aliphatic carboxylic acids is 2. The van der Waals surface area contributed by atoms with Crippen LogP contribution in [0.15, 0.2) is 30.3 Å². The third-order valence-electron chi connectivity index (χ3n) is 7.58. The van der Waals surface area contributed by atoms with Gasteiger partial charge in [-0.3, -0.25) is 24.0 Å². The highest BCUT2D eigenvalue weighted by Gasteiger charge is 2.42. The Morgan fingerprint density at radius 1 is 0.911 bits per heavy atom. The fraction of sp³-hybridized carbons (Fsp3) is 0.567. The molecule has 2 fully saturated rings. The lowest BCUT2D eigenvalue weighted by Crippen LogP contribution is -2.58. The first-order valence-corrected chi connectivity index (χ1v) is 15.0. The van der Waals surface area contributed by atoms with Crippen LogP contribution in [-0.4, -0.2) is 105 Å². The van der Waals surface area contributed by atoms with E-state index in [1.165, 1.54) is 0 Å². The Bertz CT molecular complexity index is 1250. The van der Waals surface area contributed by atoms with Gasteiger partial charge in [-0.1, -0.05) is 44.2 Å². The highest BCUT2D eigenvalue weighted by Crippen LogP contribution is 2.20. The molecule has 0 aliphatic carbocycles. The van der Waals surface area contributed by atoms with Crippen molar-refractivity contribution in [2.24, 2.45) is 5.92 Å². The standard InChI is InChI=1S/C30H41N5O10/c1-18(2)14-22(29(42)43)32-26(39)21(15-25(37)38)31-27(40)23(16-24(36)34-11-6-7-12-34)35-13-10-20(28(35)41)33-30(44)45-17-19-8-4-3-5-9-19/h3-5,8-9,18,20-23H,6-7,10-17H2,1-2H3,(H,31,40)(H,32,39)(H,33,44)(H,37,38)(H,42,43)/t20-,21+,22+,23+/m1/s1. The largest absolute Gasteiger partial charge is 0.481 e. The van der Waals surface area contributed by atoms with Crippen molar-refractivity contribution < 1.29 is 48.5 Å². The summed E-state index contributed by atoms with van der Waals surface area (Å²) in [5, 5.41) is 26.0. The number of carbonyl (C=O) groups is 7. The van der Waals surface area contributed by atoms with Crippen molar-refractivity contribution in [2.45, 2.75) is 83.1 Å². The zero-order chi connectivity index (χ0) is 33.1. The second kappa shape index (κ2) is 16.4. The van der Waals surface area contributed by atoms with Crippen molar-refractivity contribution in [1.82, 2.24) is 25.8 Å². The average Bonchev–Trinajstić information content (AvgIpc) is 3.65. The number of ether oxygens (including phenoxy) is 1. The van der Waals surface area contributed by atoms with E-state index in [4.69, 9.17) is 4.74 Å². The van der Waals surface area contributed by atoms with Gasteiger partial charge in [0.15, 0.2) is 0 Å². The summed E-state index contributed by atoms with van der Waals surface area (Å²) in [5.74, 6) is -5.92. The van der Waals surface area contributed by atoms with Crippen LogP contribution in [-0.2, 0) is 40.1 Å². The first-order chi connectivity index (χ1) is 21.3. The van der Waals surface area contributed by atoms with Crippen LogP contribution >= 0.6 is 0 Å². The van der Waals surface area contributed by atoms with Gasteiger partial charge in [0, 0.05) is 19.6 Å². The van der Waals surface area contributed by atoms with Crippen molar-refractivity contribution in [3.63, 3.8) is 0 Å². The number of likely N-dealkylation sites (tertiary alicyclic amines) is 2. The van der Waals surface area contributed by atoms with E-state index >= 15 is 0 Å². The summed E-state index contributed by atoms with van der Waals surface area (Å²) in [6.07, 6.45) is -0.421. The van der Waals surface area contributed by atoms with Crippen LogP contribution in [0.4, 0.5) is 4.79 Å². The molecule has 1 aromatic rings. The van der Waals surface area contributed by atoms with Crippen LogP contribution in [0.3, 0.4) is 0 Å². The van der Waals surface area contributed by atoms with E-state index in [1.54, 1.807) is 43.0 Å². The topological polar surface area (TPSA) is 212 Å². The number of carboxylic acids is 2. The van der Waals surface area contributed by atoms with Crippen molar-refractivity contribution in [1.29, 1.82) is 0 Å². The summed E-state index contributed by atoms with van der Waals surface area (Å²) in [5.41, 5.74) is 0.739. The van der Waals surface area contributed by atoms with Crippen molar-refractivity contribution in [2.75, 3.05) is 19.6 Å². The molecule has 2 aliphatic heterocycles. The minimum absolute atomic E-state index is 0.0148. The van der Waals surface area contributed by atoms with Crippen LogP contribution in [0, 0.1) is 5.92 Å². The van der Waals surface area contributed by atoms with E-state index in [9.17, 15) is 43.8 Å². The number of amides is 5. The molecule has 0 bridgehead atoms. The average molecular weight is 632 g/mol. The van der Waals surface area contributed by atoms with Crippen LogP contribution in [0.2, 0.25) is 0 Å². The molecule has 3 rings (SSSR count). The second-order valence-corrected chi connectivity index (χ2v) is 11.6. The van der Waals surface area contributed by atoms with Crippen LogP contribution in [0.25, 0.3) is 0 Å². The number of carbonyl (C=O) groups excluding carboxylic acids is 5. The van der Waals surface area contributed by atoms with Gasteiger partial charge in [0.25, 0.3) is 0 Å². The third kappa shape index (κ3) is 10.5. The van der Waals surface area contributed by atoms with Gasteiger partial charge >= 0.3 is 18.0 Å². The Morgan fingerprint density at radius 3 is 2.16 bits per heavy atom. The number of nitrogens with one attached hydrogen (secondary N) is 3. The molecule has 5 amide bonds. The molecule has 15 heteroatoms. The first-order valence-electron chi connectivity index (χ1n) is 15.0. The number of alkyl carbamates (subject to hydrolysis) is 1. The van der Waals surface area contributed by atoms with E-state index in [1.807, 2.05) is 6.07 Å². The Kier molecular flexibility index (Phi) is 12.7. The van der Waals surface area contributed by atoms with E-state index in [0.29, 0.717) is 13.1 Å². The van der Waals surface area contributed by atoms with Gasteiger partial charge in [0.2, 0.25) is 23.6 Å². The van der Waals surface area contributed by atoms with Crippen molar-refractivity contribution in [3.8, 4) is 0 Å². The molecule has 1 aromatic carbocycles. The molecule has 0 saturated carbocycles. The zero-order valence-electron chi connectivity index (χ0n) is 25.4. The van der Waals surface area contributed by atoms with Gasteiger partial charge in [-0.2, -0.15) is 0 Å². The summed E-state index contributed by atoms with van der Waals surface area (Å²) in [6.45, 7) is 4.42. The molecule has 246 valence electrons. The highest BCUT2D eigenvalue weighted by atomic mass is 16.5. The summed E-state index contributed by atoms with van der Waals surface area (Å²) < 4.78 is 5.20. The Morgan fingerprint density at radius 2 is 1.56 bits per heavy atom. The lowest BCUT2D eigenvalue weighted by Gasteiger charge is -2.30. The molecular weight excluding hydrogens is 590 g/mol. The predicted octanol–water partition coefficient (Wildman–Crippen LogP) is 0.470. The number of rotatable bonds is 15. The second-order valence-electron chi connectivity index (χ2n) is 11.6. The summed E-state index contributed by atoms with van der Waals surface area (Å²) in [6, 6.07) is 3.42. The maximum Gasteiger partial charge on any atom is 0.408 e. The molecule has 2 heterocycles. The molecule has 0 unspecified atom stereocenters. The third-order valence-corrected chi connectivity index (χ3v) is 7.58. The Hall–Kier alpha value is -4.69. The molecule has 0 radical (unpaired) electrons. The summed E-state index contributed by atoms with van der Waals surface area (Å²) in [7, 11) is 0. The molecule has 45 heavy (non-hydrogen) atoms. The Labute approximate surface area is 260 Å². The minimum atomic E-state index is -1.69. The van der Waals surface area contributed by atoms with Crippen LogP contribution in [0.5, 0.6) is 0 Å². The van der Waals surface area contributed by atoms with E-state index < -0.39 is 78.7 Å². The van der Waals surface area contributed by atoms with Crippen LogP contribution in [0.1, 0.15) is 57.9 Å². The molecule has 4 atom stereocenters. The predicted molar refractivity (Wildman–Crippen MR) is 157 cm³/mol. The SMILES string of the molecule is CC(C)C[C@H](NC(=O)[C@H](CC(=O)O)NC(=O)[C@H](CC(=O)N1CCCC1)N1CC[C@@H](NC(=O)OCc2ccccc2)C1=O)C(=O)O. The van der Waals surface area contributed by atoms with E-state index in [-0.39, 0.29) is 31.9 Å². The lowest BCUT2D eigenvalue weighted by molar-refractivity contribution is -0.146. The number of nitrogens with zero attached hydrogens (tertiary/aromatic N) is 2. The zero-order valence-corrected chi connectivity index (χ0v) is 25.4. The molecule has 2 aliphatic rings. The maximum atomic E-state index is 13.6. The monoisotopic (exact) mass is 631 g/mol. The molecular formula is C30H41N5O10. The number of hydrogen-bond donors (Lipinski definition) is 5. The summed E-state index contributed by atoms with van der Waals surface area (Å²) in [4.78, 5) is 91.5. The van der Waals surface area contributed by atoms with Crippen molar-refractivity contribution in [3.05, 3.63) is 35.9 Å². The number of hydrogen-bond acceptors (Lipinski definition) is 8. The minimum Gasteiger partial charge on any atom is -0.481 e. The first kappa shape index (κ1) is 34.8. The van der Waals surface area contributed by atoms with Gasteiger partial charge in [-0.05, 0) is 37.2 Å². The van der Waals surface area contributed by atoms with Crippen molar-refractivity contribution >= 4 is 41.7 Å². The highest BCUT2D eigenvalue weighted by molar-refractivity contribution is 5.98.